The first-order chi connectivity index (χ1) is 23.2. The molecule has 1 saturated carbocycles. The topological polar surface area (TPSA) is 156 Å². The lowest BCUT2D eigenvalue weighted by Gasteiger charge is -2.36. The molecule has 3 aliphatic heterocycles. The molecule has 0 radical (unpaired) electrons. The van der Waals surface area contributed by atoms with Gasteiger partial charge in [-0.25, -0.2) is 0 Å². The number of rotatable bonds is 12. The predicted molar refractivity (Wildman–Crippen MR) is 184 cm³/mol. The molecule has 0 aromatic heterocycles. The minimum absolute atomic E-state index is 0.00800. The number of aryl methyl sites for hydroxylation is 1. The average Bonchev–Trinajstić information content (AvgIpc) is 3.65. The van der Waals surface area contributed by atoms with Gasteiger partial charge >= 0.3 is 0 Å². The van der Waals surface area contributed by atoms with E-state index in [1.54, 1.807) is 6.07 Å². The van der Waals surface area contributed by atoms with Gasteiger partial charge in [-0.2, -0.15) is 0 Å². The van der Waals surface area contributed by atoms with Crippen LogP contribution in [0.25, 0.3) is 0 Å². The minimum Gasteiger partial charge on any atom is -0.387 e. The van der Waals surface area contributed by atoms with Crippen molar-refractivity contribution in [3.63, 3.8) is 0 Å². The summed E-state index contributed by atoms with van der Waals surface area (Å²) in [5.41, 5.74) is 0.668. The van der Waals surface area contributed by atoms with Crippen LogP contribution in [-0.2, 0) is 33.5 Å². The number of Topliss-reactive ketones (excluding diaryl/α,β-unsaturated/α-hetero) is 1. The number of nitrogens with one attached hydrogen (secondary N) is 3. The normalized spacial score (nSPS) is 23.8. The van der Waals surface area contributed by atoms with E-state index in [0.717, 1.165) is 36.8 Å². The van der Waals surface area contributed by atoms with E-state index in [-0.39, 0.29) is 43.7 Å². The van der Waals surface area contributed by atoms with Crippen LogP contribution in [0.4, 0.5) is 0 Å². The number of hydrogen-bond donors (Lipinski definition) is 3. The van der Waals surface area contributed by atoms with Crippen LogP contribution in [-0.4, -0.2) is 89.6 Å². The van der Waals surface area contributed by atoms with Crippen molar-refractivity contribution < 1.29 is 33.5 Å². The molecule has 4 atom stereocenters. The van der Waals surface area contributed by atoms with Crippen molar-refractivity contribution in [1.82, 2.24) is 20.9 Å². The molecule has 3 N–H and O–H groups in total. The van der Waals surface area contributed by atoms with Gasteiger partial charge in [-0.3, -0.25) is 24.0 Å². The van der Waals surface area contributed by atoms with E-state index in [1.807, 2.05) is 46.8 Å². The molecular weight excluding hydrogens is 650 g/mol. The van der Waals surface area contributed by atoms with Crippen molar-refractivity contribution in [2.24, 2.45) is 16.5 Å². The van der Waals surface area contributed by atoms with Crippen LogP contribution in [0.3, 0.4) is 0 Å². The summed E-state index contributed by atoms with van der Waals surface area (Å²) in [5, 5.41) is 13.5. The van der Waals surface area contributed by atoms with Crippen molar-refractivity contribution in [2.45, 2.75) is 122 Å². The number of benzene rings is 1. The molecule has 268 valence electrons. The smallest absolute Gasteiger partial charge is 0.289 e. The zero-order chi connectivity index (χ0) is 35.5. The standard InChI is InChI=1S/C36H50ClN5O7/c1-6-7-26(30(44)33(46)38-24-9-10-24)39-32(45)28-19-36(18-27(41-49-36)23-8-11-25(37)21(2)16-23)20-42(28)34(47)31(35(3,4)5)40-29(43)17-22-12-14-48-15-13-22/h8,11,16,22,24,26,28,31H,6-7,9-10,12-15,17-20H2,1-5H3,(H,38,46)(H,39,45)(H,40,43)/t26-,28-,31+,36+/m0/s1. The van der Waals surface area contributed by atoms with Crippen LogP contribution >= 0.6 is 11.6 Å². The molecule has 4 amide bonds. The van der Waals surface area contributed by atoms with Crippen molar-refractivity contribution in [2.75, 3.05) is 19.8 Å². The number of halogens is 1. The van der Waals surface area contributed by atoms with Crippen molar-refractivity contribution in [3.05, 3.63) is 34.3 Å². The Morgan fingerprint density at radius 1 is 1.08 bits per heavy atom. The Bertz CT molecular complexity index is 1480. The van der Waals surface area contributed by atoms with Gasteiger partial charge in [0.2, 0.25) is 23.5 Å². The van der Waals surface area contributed by atoms with Gasteiger partial charge in [0.25, 0.3) is 5.91 Å². The predicted octanol–water partition coefficient (Wildman–Crippen LogP) is 3.59. The van der Waals surface area contributed by atoms with Crippen molar-refractivity contribution in [3.8, 4) is 0 Å². The molecule has 5 rings (SSSR count). The third kappa shape index (κ3) is 9.00. The number of likely N-dealkylation sites (tertiary alicyclic amines) is 1. The molecule has 49 heavy (non-hydrogen) atoms. The molecule has 13 heteroatoms. The number of nitrogens with zero attached hydrogens (tertiary/aromatic N) is 2. The second-order valence-corrected chi connectivity index (χ2v) is 15.6. The Kier molecular flexibility index (Phi) is 11.4. The Balaban J connectivity index is 1.39. The average molecular weight is 700 g/mol. The molecule has 3 heterocycles. The molecule has 4 aliphatic rings. The fourth-order valence-electron chi connectivity index (χ4n) is 6.82. The zero-order valence-corrected chi connectivity index (χ0v) is 30.0. The summed E-state index contributed by atoms with van der Waals surface area (Å²) in [4.78, 5) is 75.4. The van der Waals surface area contributed by atoms with E-state index < -0.39 is 52.6 Å². The Labute approximate surface area is 293 Å². The van der Waals surface area contributed by atoms with E-state index in [2.05, 4.69) is 21.1 Å². The summed E-state index contributed by atoms with van der Waals surface area (Å²) in [6.45, 7) is 10.6. The van der Waals surface area contributed by atoms with Gasteiger partial charge in [-0.05, 0) is 73.6 Å². The summed E-state index contributed by atoms with van der Waals surface area (Å²) in [5.74, 6) is -2.46. The number of hydrogen-bond acceptors (Lipinski definition) is 8. The quantitative estimate of drug-likeness (QED) is 0.282. The summed E-state index contributed by atoms with van der Waals surface area (Å²) < 4.78 is 5.44. The van der Waals surface area contributed by atoms with Crippen LogP contribution in [0.1, 0.15) is 96.6 Å². The Hall–Kier alpha value is -3.51. The third-order valence-electron chi connectivity index (χ3n) is 9.90. The van der Waals surface area contributed by atoms with Crippen LogP contribution in [0.2, 0.25) is 5.02 Å². The monoisotopic (exact) mass is 699 g/mol. The summed E-state index contributed by atoms with van der Waals surface area (Å²) in [6, 6.07) is 2.54. The number of ether oxygens (including phenoxy) is 1. The summed E-state index contributed by atoms with van der Waals surface area (Å²) in [6.07, 6.45) is 4.75. The molecule has 1 aliphatic carbocycles. The highest BCUT2D eigenvalue weighted by atomic mass is 35.5. The van der Waals surface area contributed by atoms with E-state index in [4.69, 9.17) is 21.2 Å². The second kappa shape index (κ2) is 15.2. The zero-order valence-electron chi connectivity index (χ0n) is 29.2. The lowest BCUT2D eigenvalue weighted by atomic mass is 9.85. The fourth-order valence-corrected chi connectivity index (χ4v) is 6.94. The number of ketones is 1. The highest BCUT2D eigenvalue weighted by Crippen LogP contribution is 2.40. The van der Waals surface area contributed by atoms with Crippen LogP contribution in [0, 0.1) is 18.3 Å². The summed E-state index contributed by atoms with van der Waals surface area (Å²) in [7, 11) is 0. The van der Waals surface area contributed by atoms with Gasteiger partial charge in [-0.15, -0.1) is 0 Å². The molecule has 1 aromatic rings. The first kappa shape index (κ1) is 36.8. The largest absolute Gasteiger partial charge is 0.387 e. The first-order valence-corrected chi connectivity index (χ1v) is 17.9. The lowest BCUT2D eigenvalue weighted by Crippen LogP contribution is -2.59. The lowest BCUT2D eigenvalue weighted by molar-refractivity contribution is -0.145. The van der Waals surface area contributed by atoms with Gasteiger partial charge in [0.15, 0.2) is 5.60 Å². The maximum Gasteiger partial charge on any atom is 0.289 e. The Morgan fingerprint density at radius 2 is 1.80 bits per heavy atom. The van der Waals surface area contributed by atoms with E-state index in [9.17, 15) is 24.0 Å². The maximum absolute atomic E-state index is 14.6. The number of carbonyl (C=O) groups excluding carboxylic acids is 5. The van der Waals surface area contributed by atoms with Crippen LogP contribution < -0.4 is 16.0 Å². The van der Waals surface area contributed by atoms with Gasteiger partial charge in [0, 0.05) is 43.5 Å². The van der Waals surface area contributed by atoms with Crippen molar-refractivity contribution >= 4 is 46.7 Å². The van der Waals surface area contributed by atoms with Gasteiger partial charge in [-0.1, -0.05) is 56.9 Å². The van der Waals surface area contributed by atoms with Crippen LogP contribution in [0.5, 0.6) is 0 Å². The molecule has 1 spiro atoms. The maximum atomic E-state index is 14.6. The van der Waals surface area contributed by atoms with E-state index in [1.165, 1.54) is 4.90 Å². The van der Waals surface area contributed by atoms with Crippen molar-refractivity contribution in [1.29, 1.82) is 0 Å². The third-order valence-corrected chi connectivity index (χ3v) is 10.3. The van der Waals surface area contributed by atoms with Gasteiger partial charge in [0.05, 0.1) is 18.3 Å². The summed E-state index contributed by atoms with van der Waals surface area (Å²) >= 11 is 6.26. The number of carbonyl (C=O) groups is 5. The molecular formula is C36H50ClN5O7. The highest BCUT2D eigenvalue weighted by Gasteiger charge is 2.55. The fraction of sp³-hybridized carbons (Fsp3) is 0.667. The highest BCUT2D eigenvalue weighted by molar-refractivity contribution is 6.38. The molecule has 2 saturated heterocycles. The molecule has 0 bridgehead atoms. The Morgan fingerprint density at radius 3 is 2.43 bits per heavy atom. The van der Waals surface area contributed by atoms with Gasteiger partial charge < -0.3 is 30.4 Å². The van der Waals surface area contributed by atoms with E-state index in [0.29, 0.717) is 36.8 Å². The number of amides is 4. The van der Waals surface area contributed by atoms with Gasteiger partial charge in [0.1, 0.15) is 12.1 Å². The van der Waals surface area contributed by atoms with Crippen LogP contribution in [0.15, 0.2) is 23.4 Å². The SMILES string of the molecule is CCC[C@H](NC(=O)[C@@H]1C[C@]2(CC(c3ccc(Cl)c(C)c3)=NO2)CN1C(=O)[C@@H](NC(=O)CC1CCOCC1)C(C)(C)C)C(=O)C(=O)NC1CC1. The van der Waals surface area contributed by atoms with E-state index >= 15 is 0 Å². The molecule has 3 fully saturated rings. The molecule has 12 nitrogen and oxygen atoms in total. The minimum atomic E-state index is -1.05. The molecule has 0 unspecified atom stereocenters. The number of oxime groups is 1. The molecule has 1 aromatic carbocycles. The first-order valence-electron chi connectivity index (χ1n) is 17.5. The second-order valence-electron chi connectivity index (χ2n) is 15.2.